The number of unbranched alkanes of at least 4 members (excludes halogenated alkanes) is 1. The Morgan fingerprint density at radius 1 is 1.59 bits per heavy atom. The third-order valence-electron chi connectivity index (χ3n) is 4.03. The van der Waals surface area contributed by atoms with E-state index < -0.39 is 5.54 Å². The number of likely N-dealkylation sites (N-methyl/N-ethyl adjacent to an activating group) is 1. The molecule has 0 amide bonds. The minimum Gasteiger partial charge on any atom is -0.468 e. The van der Waals surface area contributed by atoms with Crippen molar-refractivity contribution in [1.29, 1.82) is 0 Å². The van der Waals surface area contributed by atoms with E-state index in [0.29, 0.717) is 6.04 Å². The molecule has 0 radical (unpaired) electrons. The second-order valence-corrected chi connectivity index (χ2v) is 5.05. The van der Waals surface area contributed by atoms with Gasteiger partial charge < -0.3 is 15.0 Å². The molecule has 1 aliphatic carbocycles. The van der Waals surface area contributed by atoms with Crippen molar-refractivity contribution in [2.45, 2.75) is 50.6 Å². The van der Waals surface area contributed by atoms with E-state index in [4.69, 9.17) is 4.74 Å². The van der Waals surface area contributed by atoms with E-state index in [0.717, 1.165) is 25.8 Å². The molecule has 4 nitrogen and oxygen atoms in total. The lowest BCUT2D eigenvalue weighted by Gasteiger charge is -2.28. The summed E-state index contributed by atoms with van der Waals surface area (Å²) < 4.78 is 4.92. The van der Waals surface area contributed by atoms with E-state index in [-0.39, 0.29) is 5.97 Å². The lowest BCUT2D eigenvalue weighted by atomic mass is 9.97. The molecule has 17 heavy (non-hydrogen) atoms. The third-order valence-corrected chi connectivity index (χ3v) is 4.03. The van der Waals surface area contributed by atoms with E-state index in [1.165, 1.54) is 20.0 Å². The Morgan fingerprint density at radius 3 is 2.82 bits per heavy atom. The number of nitrogens with zero attached hydrogens (tertiary/aromatic N) is 1. The van der Waals surface area contributed by atoms with E-state index in [1.54, 1.807) is 0 Å². The summed E-state index contributed by atoms with van der Waals surface area (Å²) in [6, 6.07) is 0.494. The van der Waals surface area contributed by atoms with Crippen LogP contribution in [0.1, 0.15) is 39.0 Å². The molecule has 1 fully saturated rings. The minimum absolute atomic E-state index is 0.119. The zero-order valence-electron chi connectivity index (χ0n) is 11.6. The Bertz CT molecular complexity index is 258. The molecule has 100 valence electrons. The van der Waals surface area contributed by atoms with Gasteiger partial charge in [0, 0.05) is 6.04 Å². The van der Waals surface area contributed by atoms with Gasteiger partial charge in [-0.15, -0.1) is 0 Å². The highest BCUT2D eigenvalue weighted by atomic mass is 16.5. The third kappa shape index (κ3) is 3.19. The number of ether oxygens (including phenoxy) is 1. The van der Waals surface area contributed by atoms with E-state index in [9.17, 15) is 4.79 Å². The predicted octanol–water partition coefficient (Wildman–Crippen LogP) is 1.40. The summed E-state index contributed by atoms with van der Waals surface area (Å²) in [5.41, 5.74) is -0.458. The highest BCUT2D eigenvalue weighted by molar-refractivity contribution is 5.81. The number of carbonyl (C=O) groups is 1. The molecule has 0 aliphatic heterocycles. The summed E-state index contributed by atoms with van der Waals surface area (Å²) in [7, 11) is 5.48. The number of rotatable bonds is 6. The fraction of sp³-hybridized carbons (Fsp3) is 0.923. The quantitative estimate of drug-likeness (QED) is 0.715. The molecular formula is C13H26N2O2. The summed E-state index contributed by atoms with van der Waals surface area (Å²) in [4.78, 5) is 14.2. The van der Waals surface area contributed by atoms with Gasteiger partial charge in [0.15, 0.2) is 0 Å². The van der Waals surface area contributed by atoms with Crippen molar-refractivity contribution < 1.29 is 9.53 Å². The van der Waals surface area contributed by atoms with Crippen LogP contribution in [-0.4, -0.2) is 50.2 Å². The SMILES string of the molecule is CCCCN(C)C1CCC(NC)(C(=O)OC)C1. The van der Waals surface area contributed by atoms with Crippen molar-refractivity contribution in [1.82, 2.24) is 10.2 Å². The van der Waals surface area contributed by atoms with Gasteiger partial charge in [-0.1, -0.05) is 13.3 Å². The summed E-state index contributed by atoms with van der Waals surface area (Å²) in [6.45, 7) is 3.32. The standard InChI is InChI=1S/C13H26N2O2/c1-5-6-9-15(3)11-7-8-13(10-11,14-2)12(16)17-4/h11,14H,5-10H2,1-4H3. The molecular weight excluding hydrogens is 216 g/mol. The van der Waals surface area contributed by atoms with Crippen LogP contribution in [0.25, 0.3) is 0 Å². The molecule has 1 N–H and O–H groups in total. The Hall–Kier alpha value is -0.610. The summed E-state index contributed by atoms with van der Waals surface area (Å²) in [6.07, 6.45) is 5.23. The maximum absolute atomic E-state index is 11.8. The van der Waals surface area contributed by atoms with Gasteiger partial charge in [-0.2, -0.15) is 0 Å². The number of methoxy groups -OCH3 is 1. The van der Waals surface area contributed by atoms with Gasteiger partial charge in [0.05, 0.1) is 7.11 Å². The second kappa shape index (κ2) is 6.36. The molecule has 0 saturated heterocycles. The van der Waals surface area contributed by atoms with Crippen LogP contribution in [0.4, 0.5) is 0 Å². The van der Waals surface area contributed by atoms with E-state index >= 15 is 0 Å². The Morgan fingerprint density at radius 2 is 2.29 bits per heavy atom. The molecule has 1 aliphatic rings. The average Bonchev–Trinajstić information content (AvgIpc) is 2.80. The van der Waals surface area contributed by atoms with Crippen LogP contribution >= 0.6 is 0 Å². The Kier molecular flexibility index (Phi) is 5.40. The summed E-state index contributed by atoms with van der Waals surface area (Å²) in [5.74, 6) is -0.119. The highest BCUT2D eigenvalue weighted by Gasteiger charge is 2.46. The number of nitrogens with one attached hydrogen (secondary N) is 1. The van der Waals surface area contributed by atoms with Crippen molar-refractivity contribution in [2.24, 2.45) is 0 Å². The predicted molar refractivity (Wildman–Crippen MR) is 69.0 cm³/mol. The Balaban J connectivity index is 2.57. The highest BCUT2D eigenvalue weighted by Crippen LogP contribution is 2.33. The maximum Gasteiger partial charge on any atom is 0.326 e. The van der Waals surface area contributed by atoms with Crippen molar-refractivity contribution in [3.63, 3.8) is 0 Å². The van der Waals surface area contributed by atoms with Crippen LogP contribution in [0.3, 0.4) is 0 Å². The second-order valence-electron chi connectivity index (χ2n) is 5.05. The zero-order chi connectivity index (χ0) is 12.9. The van der Waals surface area contributed by atoms with Gasteiger partial charge in [-0.25, -0.2) is 0 Å². The summed E-state index contributed by atoms with van der Waals surface area (Å²) in [5, 5.41) is 3.17. The molecule has 0 bridgehead atoms. The molecule has 0 aromatic carbocycles. The first-order chi connectivity index (χ1) is 8.09. The van der Waals surface area contributed by atoms with Crippen LogP contribution in [0.5, 0.6) is 0 Å². The Labute approximate surface area is 105 Å². The van der Waals surface area contributed by atoms with Crippen molar-refractivity contribution in [2.75, 3.05) is 27.7 Å². The number of hydrogen-bond acceptors (Lipinski definition) is 4. The molecule has 0 spiro atoms. The van der Waals surface area contributed by atoms with Crippen LogP contribution < -0.4 is 5.32 Å². The van der Waals surface area contributed by atoms with Gasteiger partial charge in [0.25, 0.3) is 0 Å². The molecule has 2 atom stereocenters. The van der Waals surface area contributed by atoms with Gasteiger partial charge in [-0.3, -0.25) is 4.79 Å². The first-order valence-corrected chi connectivity index (χ1v) is 6.57. The lowest BCUT2D eigenvalue weighted by molar-refractivity contribution is -0.148. The first kappa shape index (κ1) is 14.5. The lowest BCUT2D eigenvalue weighted by Crippen LogP contribution is -2.50. The van der Waals surface area contributed by atoms with E-state index in [2.05, 4.69) is 24.2 Å². The fourth-order valence-electron chi connectivity index (χ4n) is 2.70. The number of esters is 1. The number of carbonyl (C=O) groups excluding carboxylic acids is 1. The topological polar surface area (TPSA) is 41.6 Å². The normalized spacial score (nSPS) is 28.6. The molecule has 4 heteroatoms. The van der Waals surface area contributed by atoms with Gasteiger partial charge >= 0.3 is 5.97 Å². The zero-order valence-corrected chi connectivity index (χ0v) is 11.6. The average molecular weight is 242 g/mol. The van der Waals surface area contributed by atoms with Crippen LogP contribution in [0.15, 0.2) is 0 Å². The molecule has 0 heterocycles. The van der Waals surface area contributed by atoms with Crippen LogP contribution in [0.2, 0.25) is 0 Å². The van der Waals surface area contributed by atoms with E-state index in [1.807, 2.05) is 7.05 Å². The van der Waals surface area contributed by atoms with Crippen molar-refractivity contribution in [3.05, 3.63) is 0 Å². The monoisotopic (exact) mass is 242 g/mol. The summed E-state index contributed by atoms with van der Waals surface area (Å²) >= 11 is 0. The van der Waals surface area contributed by atoms with Crippen molar-refractivity contribution >= 4 is 5.97 Å². The molecule has 2 unspecified atom stereocenters. The van der Waals surface area contributed by atoms with Crippen LogP contribution in [0, 0.1) is 0 Å². The molecule has 0 aromatic heterocycles. The van der Waals surface area contributed by atoms with Gasteiger partial charge in [-0.05, 0) is 46.3 Å². The van der Waals surface area contributed by atoms with Crippen molar-refractivity contribution in [3.8, 4) is 0 Å². The minimum atomic E-state index is -0.458. The molecule has 1 saturated carbocycles. The molecule has 1 rings (SSSR count). The van der Waals surface area contributed by atoms with Crippen LogP contribution in [-0.2, 0) is 9.53 Å². The van der Waals surface area contributed by atoms with Gasteiger partial charge in [0.2, 0.25) is 0 Å². The van der Waals surface area contributed by atoms with Gasteiger partial charge in [0.1, 0.15) is 5.54 Å². The maximum atomic E-state index is 11.8. The fourth-order valence-corrected chi connectivity index (χ4v) is 2.70. The number of hydrogen-bond donors (Lipinski definition) is 1. The largest absolute Gasteiger partial charge is 0.468 e. The first-order valence-electron chi connectivity index (χ1n) is 6.57. The smallest absolute Gasteiger partial charge is 0.326 e. The molecule has 0 aromatic rings.